The molecule has 1 aliphatic heterocycles. The number of β-amino-alcohol motifs (C(OH)–C–C–N with tert-alkyl or cyclic N) is 1. The van der Waals surface area contributed by atoms with E-state index < -0.39 is 6.10 Å². The lowest BCUT2D eigenvalue weighted by Gasteiger charge is -2.36. The Bertz CT molecular complexity index is 735. The Labute approximate surface area is 173 Å². The number of aliphatic hydroxyl groups excluding tert-OH is 1. The van der Waals surface area contributed by atoms with E-state index in [0.29, 0.717) is 30.9 Å². The van der Waals surface area contributed by atoms with E-state index in [1.165, 1.54) is 0 Å². The first-order valence-corrected chi connectivity index (χ1v) is 8.65. The van der Waals surface area contributed by atoms with E-state index in [0.717, 1.165) is 24.2 Å². The maximum atomic E-state index is 12.7. The van der Waals surface area contributed by atoms with Crippen molar-refractivity contribution in [3.63, 3.8) is 0 Å². The summed E-state index contributed by atoms with van der Waals surface area (Å²) in [7, 11) is 0. The molecule has 3 N–H and O–H groups in total. The molecule has 1 unspecified atom stereocenters. The fourth-order valence-electron chi connectivity index (χ4n) is 3.20. The molecule has 2 aromatic carbocycles. The number of benzene rings is 2. The second-order valence-corrected chi connectivity index (χ2v) is 6.59. The Morgan fingerprint density at radius 2 is 1.70 bits per heavy atom. The van der Waals surface area contributed by atoms with E-state index in [4.69, 9.17) is 5.73 Å². The van der Waals surface area contributed by atoms with Gasteiger partial charge in [-0.2, -0.15) is 0 Å². The van der Waals surface area contributed by atoms with E-state index in [-0.39, 0.29) is 30.7 Å². The smallest absolute Gasteiger partial charge is 0.254 e. The van der Waals surface area contributed by atoms with Gasteiger partial charge in [0.1, 0.15) is 0 Å². The summed E-state index contributed by atoms with van der Waals surface area (Å²) in [6.07, 6.45) is -0.500. The Hall–Kier alpha value is -1.79. The maximum absolute atomic E-state index is 12.7. The highest BCUT2D eigenvalue weighted by atomic mass is 35.5. The summed E-state index contributed by atoms with van der Waals surface area (Å²) in [6.45, 7) is 5.36. The number of aliphatic hydroxyl groups is 1. The minimum atomic E-state index is -0.500. The van der Waals surface area contributed by atoms with E-state index in [1.807, 2.05) is 54.3 Å². The van der Waals surface area contributed by atoms with Crippen LogP contribution < -0.4 is 5.73 Å². The second kappa shape index (κ2) is 10.5. The monoisotopic (exact) mass is 411 g/mol. The maximum Gasteiger partial charge on any atom is 0.254 e. The highest BCUT2D eigenvalue weighted by Gasteiger charge is 2.24. The van der Waals surface area contributed by atoms with Gasteiger partial charge in [0.25, 0.3) is 5.91 Å². The van der Waals surface area contributed by atoms with Crippen molar-refractivity contribution in [1.82, 2.24) is 9.80 Å². The number of amides is 1. The van der Waals surface area contributed by atoms with Crippen LogP contribution in [0.5, 0.6) is 0 Å². The molecule has 0 aromatic heterocycles. The van der Waals surface area contributed by atoms with Crippen LogP contribution in [0.4, 0.5) is 5.69 Å². The van der Waals surface area contributed by atoms with Crippen LogP contribution in [-0.2, 0) is 0 Å². The number of anilines is 1. The van der Waals surface area contributed by atoms with Crippen molar-refractivity contribution >= 4 is 36.4 Å². The number of nitrogens with zero attached hydrogens (tertiary/aromatic N) is 2. The van der Waals surface area contributed by atoms with Crippen molar-refractivity contribution in [1.29, 1.82) is 0 Å². The topological polar surface area (TPSA) is 69.8 Å². The number of carbonyl (C=O) groups excluding carboxylic acids is 1. The lowest BCUT2D eigenvalue weighted by molar-refractivity contribution is 0.0527. The van der Waals surface area contributed by atoms with Gasteiger partial charge in [-0.3, -0.25) is 9.69 Å². The van der Waals surface area contributed by atoms with Crippen LogP contribution in [0.15, 0.2) is 48.5 Å². The van der Waals surface area contributed by atoms with Gasteiger partial charge in [-0.15, -0.1) is 24.8 Å². The van der Waals surface area contributed by atoms with Crippen molar-refractivity contribution < 1.29 is 9.90 Å². The average Bonchev–Trinajstić information content (AvgIpc) is 2.64. The number of hydrogen-bond donors (Lipinski definition) is 2. The molecule has 5 nitrogen and oxygen atoms in total. The third-order valence-electron chi connectivity index (χ3n) is 4.77. The number of nitrogen functional groups attached to an aromatic ring is 1. The molecule has 0 aliphatic carbocycles. The molecule has 27 heavy (non-hydrogen) atoms. The molecule has 2 aromatic rings. The van der Waals surface area contributed by atoms with E-state index >= 15 is 0 Å². The van der Waals surface area contributed by atoms with Gasteiger partial charge in [-0.25, -0.2) is 0 Å². The van der Waals surface area contributed by atoms with Crippen LogP contribution in [0, 0.1) is 6.92 Å². The zero-order chi connectivity index (χ0) is 17.8. The lowest BCUT2D eigenvalue weighted by atomic mass is 10.1. The fraction of sp³-hybridized carbons (Fsp3) is 0.350. The highest BCUT2D eigenvalue weighted by molar-refractivity contribution is 5.96. The van der Waals surface area contributed by atoms with Crippen LogP contribution in [0.3, 0.4) is 0 Å². The van der Waals surface area contributed by atoms with E-state index in [1.54, 1.807) is 6.07 Å². The number of hydrogen-bond acceptors (Lipinski definition) is 4. The van der Waals surface area contributed by atoms with Gasteiger partial charge >= 0.3 is 0 Å². The zero-order valence-electron chi connectivity index (χ0n) is 15.4. The normalized spacial score (nSPS) is 15.4. The summed E-state index contributed by atoms with van der Waals surface area (Å²) >= 11 is 0. The number of halogens is 2. The SMILES string of the molecule is Cc1ccc(N)cc1C(=O)N1CCN(CC(O)c2ccccc2)CC1.Cl.Cl. The quantitative estimate of drug-likeness (QED) is 0.758. The van der Waals surface area contributed by atoms with Crippen LogP contribution in [-0.4, -0.2) is 53.5 Å². The molecule has 3 rings (SSSR count). The van der Waals surface area contributed by atoms with Crippen molar-refractivity contribution in [2.24, 2.45) is 0 Å². The number of aryl methyl sites for hydroxylation is 1. The molecular weight excluding hydrogens is 385 g/mol. The average molecular weight is 412 g/mol. The molecule has 1 heterocycles. The first-order valence-electron chi connectivity index (χ1n) is 8.65. The largest absolute Gasteiger partial charge is 0.399 e. The van der Waals surface area contributed by atoms with E-state index in [2.05, 4.69) is 4.90 Å². The number of carbonyl (C=O) groups is 1. The van der Waals surface area contributed by atoms with Crippen molar-refractivity contribution in [2.75, 3.05) is 38.5 Å². The van der Waals surface area contributed by atoms with Gasteiger partial charge in [0, 0.05) is 44.0 Å². The first kappa shape index (κ1) is 23.2. The predicted molar refractivity (Wildman–Crippen MR) is 114 cm³/mol. The lowest BCUT2D eigenvalue weighted by Crippen LogP contribution is -2.49. The molecule has 1 atom stereocenters. The summed E-state index contributed by atoms with van der Waals surface area (Å²) < 4.78 is 0. The minimum absolute atomic E-state index is 0. The first-order chi connectivity index (χ1) is 12.0. The van der Waals surface area contributed by atoms with Crippen LogP contribution in [0.2, 0.25) is 0 Å². The van der Waals surface area contributed by atoms with Gasteiger partial charge < -0.3 is 15.7 Å². The summed E-state index contributed by atoms with van der Waals surface area (Å²) in [5.41, 5.74) is 8.98. The Morgan fingerprint density at radius 1 is 1.07 bits per heavy atom. The highest BCUT2D eigenvalue weighted by Crippen LogP contribution is 2.18. The number of rotatable bonds is 4. The van der Waals surface area contributed by atoms with Crippen molar-refractivity contribution in [3.8, 4) is 0 Å². The number of piperazine rings is 1. The number of nitrogens with two attached hydrogens (primary N) is 1. The second-order valence-electron chi connectivity index (χ2n) is 6.59. The van der Waals surface area contributed by atoms with Gasteiger partial charge in [0.05, 0.1) is 6.10 Å². The molecule has 1 saturated heterocycles. The molecular formula is C20H27Cl2N3O2. The van der Waals surface area contributed by atoms with Crippen LogP contribution in [0.25, 0.3) is 0 Å². The molecule has 0 radical (unpaired) electrons. The molecule has 0 spiro atoms. The standard InChI is InChI=1S/C20H25N3O2.2ClH/c1-15-7-8-17(21)13-18(15)20(25)23-11-9-22(10-12-23)14-19(24)16-5-3-2-4-6-16;;/h2-8,13,19,24H,9-12,14,21H2,1H3;2*1H. The molecule has 1 aliphatic rings. The van der Waals surface area contributed by atoms with Crippen molar-refractivity contribution in [3.05, 3.63) is 65.2 Å². The zero-order valence-corrected chi connectivity index (χ0v) is 17.0. The summed E-state index contributed by atoms with van der Waals surface area (Å²) in [5.74, 6) is 0.0352. The molecule has 1 fully saturated rings. The van der Waals surface area contributed by atoms with Crippen LogP contribution >= 0.6 is 24.8 Å². The van der Waals surface area contributed by atoms with Gasteiger partial charge in [0.15, 0.2) is 0 Å². The Kier molecular flexibility index (Phi) is 9.06. The third-order valence-corrected chi connectivity index (χ3v) is 4.77. The Balaban J connectivity index is 0.00000182. The summed E-state index contributed by atoms with van der Waals surface area (Å²) in [4.78, 5) is 16.8. The minimum Gasteiger partial charge on any atom is -0.399 e. The van der Waals surface area contributed by atoms with Gasteiger partial charge in [0.2, 0.25) is 0 Å². The predicted octanol–water partition coefficient (Wildman–Crippen LogP) is 2.91. The molecule has 1 amide bonds. The summed E-state index contributed by atoms with van der Waals surface area (Å²) in [6, 6.07) is 15.1. The summed E-state index contributed by atoms with van der Waals surface area (Å²) in [5, 5.41) is 10.4. The van der Waals surface area contributed by atoms with Gasteiger partial charge in [-0.05, 0) is 30.2 Å². The molecule has 0 bridgehead atoms. The molecule has 0 saturated carbocycles. The Morgan fingerprint density at radius 3 is 2.33 bits per heavy atom. The molecule has 148 valence electrons. The van der Waals surface area contributed by atoms with E-state index in [9.17, 15) is 9.90 Å². The van der Waals surface area contributed by atoms with Crippen molar-refractivity contribution in [2.45, 2.75) is 13.0 Å². The molecule has 7 heteroatoms. The fourth-order valence-corrected chi connectivity index (χ4v) is 3.20. The third kappa shape index (κ3) is 5.84. The van der Waals surface area contributed by atoms with Crippen LogP contribution in [0.1, 0.15) is 27.6 Å². The van der Waals surface area contributed by atoms with Gasteiger partial charge in [-0.1, -0.05) is 36.4 Å².